The van der Waals surface area contributed by atoms with Crippen LogP contribution in [0.15, 0.2) is 23.4 Å². The number of halogens is 2. The standard InChI is InChI=1S/C13H17ClIN3O2/c1-3-13(4-2,12(16)18-20)17-11(19)8-5-6-10(15)9(14)7-8/h5-7,20H,3-4H2,1-2H3,(H2,16,18)(H,17,19). The van der Waals surface area contributed by atoms with Gasteiger partial charge in [-0.2, -0.15) is 0 Å². The summed E-state index contributed by atoms with van der Waals surface area (Å²) in [6, 6.07) is 5.05. The molecule has 20 heavy (non-hydrogen) atoms. The van der Waals surface area contributed by atoms with Gasteiger partial charge in [0.2, 0.25) is 0 Å². The summed E-state index contributed by atoms with van der Waals surface area (Å²) in [6.45, 7) is 3.73. The molecule has 1 amide bonds. The molecule has 0 saturated heterocycles. The molecular weight excluding hydrogens is 393 g/mol. The van der Waals surface area contributed by atoms with Crippen LogP contribution >= 0.6 is 34.2 Å². The highest BCUT2D eigenvalue weighted by atomic mass is 127. The Balaban J connectivity index is 3.05. The molecule has 4 N–H and O–H groups in total. The Morgan fingerprint density at radius 2 is 2.10 bits per heavy atom. The average Bonchev–Trinajstić information content (AvgIpc) is 2.46. The van der Waals surface area contributed by atoms with E-state index in [-0.39, 0.29) is 11.7 Å². The number of nitrogens with one attached hydrogen (secondary N) is 1. The highest BCUT2D eigenvalue weighted by Crippen LogP contribution is 2.21. The molecule has 0 unspecified atom stereocenters. The first kappa shape index (κ1) is 17.0. The molecule has 0 aliphatic heterocycles. The van der Waals surface area contributed by atoms with Crippen molar-refractivity contribution < 1.29 is 10.0 Å². The summed E-state index contributed by atoms with van der Waals surface area (Å²) in [4.78, 5) is 12.3. The lowest BCUT2D eigenvalue weighted by Gasteiger charge is -2.31. The molecule has 0 fully saturated rings. The van der Waals surface area contributed by atoms with Gasteiger partial charge in [-0.25, -0.2) is 0 Å². The number of rotatable bonds is 5. The molecule has 0 heterocycles. The van der Waals surface area contributed by atoms with Crippen molar-refractivity contribution in [3.63, 3.8) is 0 Å². The molecular formula is C13H17ClIN3O2. The molecule has 0 bridgehead atoms. The molecule has 0 atom stereocenters. The summed E-state index contributed by atoms with van der Waals surface area (Å²) in [7, 11) is 0. The predicted octanol–water partition coefficient (Wildman–Crippen LogP) is 2.98. The van der Waals surface area contributed by atoms with E-state index in [1.807, 2.05) is 13.8 Å². The number of nitrogens with zero attached hydrogens (tertiary/aromatic N) is 1. The van der Waals surface area contributed by atoms with Crippen LogP contribution in [0.25, 0.3) is 0 Å². The third-order valence-electron chi connectivity index (χ3n) is 3.34. The van der Waals surface area contributed by atoms with Crippen LogP contribution in [-0.2, 0) is 0 Å². The van der Waals surface area contributed by atoms with Gasteiger partial charge in [-0.05, 0) is 53.6 Å². The summed E-state index contributed by atoms with van der Waals surface area (Å²) in [5.41, 5.74) is 5.29. The summed E-state index contributed by atoms with van der Waals surface area (Å²) in [5.74, 6) is -0.314. The maximum Gasteiger partial charge on any atom is 0.252 e. The van der Waals surface area contributed by atoms with Crippen LogP contribution in [0, 0.1) is 3.57 Å². The molecule has 5 nitrogen and oxygen atoms in total. The highest BCUT2D eigenvalue weighted by Gasteiger charge is 2.33. The zero-order chi connectivity index (χ0) is 15.3. The van der Waals surface area contributed by atoms with Crippen molar-refractivity contribution in [1.29, 1.82) is 0 Å². The molecule has 1 aromatic carbocycles. The van der Waals surface area contributed by atoms with Gasteiger partial charge in [-0.3, -0.25) is 4.79 Å². The molecule has 0 aliphatic carbocycles. The Kier molecular flexibility index (Phi) is 6.07. The maximum absolute atomic E-state index is 12.3. The number of nitrogens with two attached hydrogens (primary N) is 1. The maximum atomic E-state index is 12.3. The number of amidine groups is 1. The largest absolute Gasteiger partial charge is 0.409 e. The minimum Gasteiger partial charge on any atom is -0.409 e. The number of benzene rings is 1. The molecule has 1 aromatic rings. The number of amides is 1. The SMILES string of the molecule is CCC(CC)(NC(=O)c1ccc(I)c(Cl)c1)/C(N)=N/O. The lowest BCUT2D eigenvalue weighted by molar-refractivity contribution is 0.0918. The quantitative estimate of drug-likeness (QED) is 0.230. The molecule has 0 spiro atoms. The van der Waals surface area contributed by atoms with E-state index in [2.05, 4.69) is 33.1 Å². The Labute approximate surface area is 136 Å². The Hall–Kier alpha value is -1.02. The highest BCUT2D eigenvalue weighted by molar-refractivity contribution is 14.1. The Bertz CT molecular complexity index is 530. The van der Waals surface area contributed by atoms with Gasteiger partial charge in [-0.15, -0.1) is 0 Å². The average molecular weight is 410 g/mol. The molecule has 0 saturated carbocycles. The summed E-state index contributed by atoms with van der Waals surface area (Å²) in [5, 5.41) is 15.3. The van der Waals surface area contributed by atoms with E-state index < -0.39 is 5.54 Å². The molecule has 7 heteroatoms. The van der Waals surface area contributed by atoms with Gasteiger partial charge in [0.15, 0.2) is 5.84 Å². The number of hydrogen-bond donors (Lipinski definition) is 3. The first-order valence-electron chi connectivity index (χ1n) is 6.15. The first-order valence-corrected chi connectivity index (χ1v) is 7.61. The van der Waals surface area contributed by atoms with Gasteiger partial charge in [0.25, 0.3) is 5.91 Å². The van der Waals surface area contributed by atoms with E-state index in [0.29, 0.717) is 23.4 Å². The van der Waals surface area contributed by atoms with E-state index in [0.717, 1.165) is 3.57 Å². The van der Waals surface area contributed by atoms with Gasteiger partial charge in [0.1, 0.15) is 5.54 Å². The number of hydrogen-bond acceptors (Lipinski definition) is 3. The van der Waals surface area contributed by atoms with Crippen LogP contribution in [0.4, 0.5) is 0 Å². The van der Waals surface area contributed by atoms with E-state index >= 15 is 0 Å². The second-order valence-electron chi connectivity index (χ2n) is 4.36. The van der Waals surface area contributed by atoms with Crippen LogP contribution in [0.3, 0.4) is 0 Å². The normalized spacial score (nSPS) is 12.3. The minimum absolute atomic E-state index is 0.00698. The van der Waals surface area contributed by atoms with Crippen molar-refractivity contribution in [1.82, 2.24) is 5.32 Å². The minimum atomic E-state index is -0.860. The van der Waals surface area contributed by atoms with E-state index in [4.69, 9.17) is 22.5 Å². The van der Waals surface area contributed by atoms with Crippen molar-refractivity contribution in [3.8, 4) is 0 Å². The molecule has 0 aromatic heterocycles. The summed E-state index contributed by atoms with van der Waals surface area (Å²) >= 11 is 8.10. The van der Waals surface area contributed by atoms with E-state index in [1.54, 1.807) is 18.2 Å². The van der Waals surface area contributed by atoms with E-state index in [1.165, 1.54) is 0 Å². The fourth-order valence-electron chi connectivity index (χ4n) is 1.88. The Morgan fingerprint density at radius 3 is 2.55 bits per heavy atom. The van der Waals surface area contributed by atoms with Gasteiger partial charge in [-0.1, -0.05) is 30.6 Å². The van der Waals surface area contributed by atoms with Gasteiger partial charge >= 0.3 is 0 Å². The van der Waals surface area contributed by atoms with Crippen molar-refractivity contribution in [3.05, 3.63) is 32.4 Å². The second-order valence-corrected chi connectivity index (χ2v) is 5.93. The lowest BCUT2D eigenvalue weighted by atomic mass is 9.91. The van der Waals surface area contributed by atoms with Gasteiger partial charge in [0.05, 0.1) is 5.02 Å². The molecule has 0 aliphatic rings. The third kappa shape index (κ3) is 3.54. The van der Waals surface area contributed by atoms with Gasteiger partial charge < -0.3 is 16.3 Å². The fourth-order valence-corrected chi connectivity index (χ4v) is 2.39. The smallest absolute Gasteiger partial charge is 0.252 e. The van der Waals surface area contributed by atoms with Crippen LogP contribution in [0.2, 0.25) is 5.02 Å². The number of carbonyl (C=O) groups is 1. The zero-order valence-electron chi connectivity index (χ0n) is 11.3. The third-order valence-corrected chi connectivity index (χ3v) is 4.91. The second kappa shape index (κ2) is 7.12. The van der Waals surface area contributed by atoms with Crippen molar-refractivity contribution in [2.45, 2.75) is 32.2 Å². The number of carbonyl (C=O) groups excluding carboxylic acids is 1. The predicted molar refractivity (Wildman–Crippen MR) is 88.4 cm³/mol. The topological polar surface area (TPSA) is 87.7 Å². The summed E-state index contributed by atoms with van der Waals surface area (Å²) < 4.78 is 0.870. The van der Waals surface area contributed by atoms with Crippen LogP contribution in [0.5, 0.6) is 0 Å². The number of oxime groups is 1. The first-order chi connectivity index (χ1) is 9.40. The van der Waals surface area contributed by atoms with Gasteiger partial charge in [0, 0.05) is 9.13 Å². The molecule has 110 valence electrons. The monoisotopic (exact) mass is 409 g/mol. The van der Waals surface area contributed by atoms with Crippen LogP contribution in [0.1, 0.15) is 37.0 Å². The fraction of sp³-hybridized carbons (Fsp3) is 0.385. The zero-order valence-corrected chi connectivity index (χ0v) is 14.2. The molecule has 0 radical (unpaired) electrons. The Morgan fingerprint density at radius 1 is 1.50 bits per heavy atom. The lowest BCUT2D eigenvalue weighted by Crippen LogP contribution is -2.56. The van der Waals surface area contributed by atoms with Crippen molar-refractivity contribution in [2.75, 3.05) is 0 Å². The summed E-state index contributed by atoms with van der Waals surface area (Å²) in [6.07, 6.45) is 1.03. The van der Waals surface area contributed by atoms with Crippen molar-refractivity contribution in [2.24, 2.45) is 10.9 Å². The van der Waals surface area contributed by atoms with Crippen LogP contribution in [-0.4, -0.2) is 22.5 Å². The van der Waals surface area contributed by atoms with E-state index in [9.17, 15) is 4.79 Å². The van der Waals surface area contributed by atoms with Crippen LogP contribution < -0.4 is 11.1 Å². The molecule has 1 rings (SSSR count). The van der Waals surface area contributed by atoms with Crippen molar-refractivity contribution >= 4 is 45.9 Å².